The summed E-state index contributed by atoms with van der Waals surface area (Å²) < 4.78 is 5.48. The Kier molecular flexibility index (Phi) is 7.83. The van der Waals surface area contributed by atoms with Crippen LogP contribution >= 0.6 is 11.6 Å². The zero-order valence-corrected chi connectivity index (χ0v) is 16.4. The van der Waals surface area contributed by atoms with Crippen LogP contribution in [-0.2, 0) is 9.59 Å². The van der Waals surface area contributed by atoms with Gasteiger partial charge in [0, 0.05) is 22.7 Å². The van der Waals surface area contributed by atoms with Crippen molar-refractivity contribution in [3.8, 4) is 5.75 Å². The summed E-state index contributed by atoms with van der Waals surface area (Å²) >= 11 is 5.80. The molecule has 3 amide bonds. The van der Waals surface area contributed by atoms with Crippen molar-refractivity contribution in [2.45, 2.75) is 32.8 Å². The van der Waals surface area contributed by atoms with Gasteiger partial charge in [0.1, 0.15) is 5.75 Å². The maximum Gasteiger partial charge on any atom is 0.279 e. The van der Waals surface area contributed by atoms with Crippen molar-refractivity contribution in [3.63, 3.8) is 0 Å². The first-order chi connectivity index (χ1) is 13.4. The smallest absolute Gasteiger partial charge is 0.279 e. The molecule has 0 aliphatic carbocycles. The normalized spacial score (nSPS) is 11.2. The highest BCUT2D eigenvalue weighted by atomic mass is 35.5. The molecule has 0 bridgehead atoms. The van der Waals surface area contributed by atoms with Crippen LogP contribution in [0.4, 0.5) is 5.69 Å². The highest BCUT2D eigenvalue weighted by Gasteiger charge is 2.16. The van der Waals surface area contributed by atoms with Gasteiger partial charge in [-0.3, -0.25) is 25.2 Å². The number of carbonyl (C=O) groups is 3. The lowest BCUT2D eigenvalue weighted by molar-refractivity contribution is -0.128. The molecule has 0 spiro atoms. The molecule has 0 saturated carbocycles. The van der Waals surface area contributed by atoms with Gasteiger partial charge in [0.25, 0.3) is 11.8 Å². The molecule has 2 rings (SSSR count). The van der Waals surface area contributed by atoms with E-state index in [9.17, 15) is 14.4 Å². The lowest BCUT2D eigenvalue weighted by Crippen LogP contribution is -2.47. The van der Waals surface area contributed by atoms with Gasteiger partial charge < -0.3 is 10.1 Å². The lowest BCUT2D eigenvalue weighted by Gasteiger charge is -2.15. The number of benzene rings is 2. The monoisotopic (exact) mass is 403 g/mol. The van der Waals surface area contributed by atoms with Crippen molar-refractivity contribution in [2.24, 2.45) is 0 Å². The summed E-state index contributed by atoms with van der Waals surface area (Å²) in [5, 5.41) is 3.30. The van der Waals surface area contributed by atoms with Crippen molar-refractivity contribution in [2.75, 3.05) is 5.32 Å². The molecule has 28 heavy (non-hydrogen) atoms. The van der Waals surface area contributed by atoms with Crippen LogP contribution in [0, 0.1) is 0 Å². The lowest BCUT2D eigenvalue weighted by atomic mass is 10.2. The van der Waals surface area contributed by atoms with Gasteiger partial charge in [-0.2, -0.15) is 0 Å². The standard InChI is InChI=1S/C20H22ClN3O4/c1-3-4-18(25)22-16-9-5-14(6-10-16)20(27)24-23-19(26)13(2)28-17-11-7-15(21)8-12-17/h5-13H,3-4H2,1-2H3,(H,22,25)(H,23,26)(H,24,27). The SMILES string of the molecule is CCCC(=O)Nc1ccc(C(=O)NNC(=O)C(C)Oc2ccc(Cl)cc2)cc1. The first-order valence-corrected chi connectivity index (χ1v) is 9.19. The molecule has 2 aromatic rings. The van der Waals surface area contributed by atoms with E-state index in [0.717, 1.165) is 6.42 Å². The van der Waals surface area contributed by atoms with E-state index in [0.29, 0.717) is 28.4 Å². The summed E-state index contributed by atoms with van der Waals surface area (Å²) in [6.45, 7) is 3.48. The molecule has 0 saturated heterocycles. The van der Waals surface area contributed by atoms with Gasteiger partial charge in [0.2, 0.25) is 5.91 Å². The summed E-state index contributed by atoms with van der Waals surface area (Å²) in [5.41, 5.74) is 5.58. The molecule has 148 valence electrons. The topological polar surface area (TPSA) is 96.5 Å². The second kappa shape index (κ2) is 10.3. The number of rotatable bonds is 7. The Labute approximate surface area is 168 Å². The molecule has 0 fully saturated rings. The van der Waals surface area contributed by atoms with Crippen molar-refractivity contribution >= 4 is 35.0 Å². The van der Waals surface area contributed by atoms with Gasteiger partial charge in [-0.25, -0.2) is 0 Å². The first-order valence-electron chi connectivity index (χ1n) is 8.81. The third-order valence-electron chi connectivity index (χ3n) is 3.70. The van der Waals surface area contributed by atoms with Gasteiger partial charge in [-0.1, -0.05) is 18.5 Å². The van der Waals surface area contributed by atoms with Crippen molar-refractivity contribution in [1.29, 1.82) is 0 Å². The molecule has 1 atom stereocenters. The minimum Gasteiger partial charge on any atom is -0.481 e. The molecule has 8 heteroatoms. The van der Waals surface area contributed by atoms with E-state index in [1.807, 2.05) is 6.92 Å². The molecule has 1 unspecified atom stereocenters. The summed E-state index contributed by atoms with van der Waals surface area (Å²) in [4.78, 5) is 35.8. The predicted molar refractivity (Wildman–Crippen MR) is 107 cm³/mol. The Morgan fingerprint density at radius 1 is 1.00 bits per heavy atom. The second-order valence-corrected chi connectivity index (χ2v) is 6.47. The van der Waals surface area contributed by atoms with Gasteiger partial charge >= 0.3 is 0 Å². The summed E-state index contributed by atoms with van der Waals surface area (Å²) in [6, 6.07) is 12.9. The summed E-state index contributed by atoms with van der Waals surface area (Å²) in [5.74, 6) is -0.592. The average Bonchev–Trinajstić information content (AvgIpc) is 2.68. The third kappa shape index (κ3) is 6.59. The number of hydrazine groups is 1. The number of hydrogen-bond donors (Lipinski definition) is 3. The minimum absolute atomic E-state index is 0.0818. The van der Waals surface area contributed by atoms with E-state index in [2.05, 4.69) is 16.2 Å². The maximum absolute atomic E-state index is 12.1. The van der Waals surface area contributed by atoms with Crippen LogP contribution < -0.4 is 20.9 Å². The minimum atomic E-state index is -0.822. The highest BCUT2D eigenvalue weighted by Crippen LogP contribution is 2.16. The van der Waals surface area contributed by atoms with Crippen LogP contribution in [0.2, 0.25) is 5.02 Å². The maximum atomic E-state index is 12.1. The zero-order chi connectivity index (χ0) is 20.5. The van der Waals surface area contributed by atoms with E-state index in [1.165, 1.54) is 0 Å². The Balaban J connectivity index is 1.82. The van der Waals surface area contributed by atoms with Crippen molar-refractivity contribution in [1.82, 2.24) is 10.9 Å². The van der Waals surface area contributed by atoms with Gasteiger partial charge in [0.15, 0.2) is 6.10 Å². The number of hydrogen-bond acceptors (Lipinski definition) is 4. The zero-order valence-electron chi connectivity index (χ0n) is 15.6. The Morgan fingerprint density at radius 2 is 1.64 bits per heavy atom. The quantitative estimate of drug-likeness (QED) is 0.618. The van der Waals surface area contributed by atoms with E-state index < -0.39 is 17.9 Å². The Morgan fingerprint density at radius 3 is 2.25 bits per heavy atom. The van der Waals surface area contributed by atoms with Crippen molar-refractivity contribution in [3.05, 3.63) is 59.1 Å². The number of nitrogens with one attached hydrogen (secondary N) is 3. The number of carbonyl (C=O) groups excluding carboxylic acids is 3. The fourth-order valence-electron chi connectivity index (χ4n) is 2.22. The van der Waals surface area contributed by atoms with Crippen LogP contribution in [0.3, 0.4) is 0 Å². The van der Waals surface area contributed by atoms with Crippen LogP contribution in [0.1, 0.15) is 37.0 Å². The van der Waals surface area contributed by atoms with Crippen LogP contribution in [-0.4, -0.2) is 23.8 Å². The van der Waals surface area contributed by atoms with E-state index in [4.69, 9.17) is 16.3 Å². The molecular weight excluding hydrogens is 382 g/mol. The van der Waals surface area contributed by atoms with Gasteiger partial charge in [0.05, 0.1) is 0 Å². The average molecular weight is 404 g/mol. The molecule has 0 heterocycles. The molecule has 0 aliphatic heterocycles. The summed E-state index contributed by atoms with van der Waals surface area (Å²) in [6.07, 6.45) is 0.370. The Hall–Kier alpha value is -3.06. The van der Waals surface area contributed by atoms with Crippen molar-refractivity contribution < 1.29 is 19.1 Å². The summed E-state index contributed by atoms with van der Waals surface area (Å²) in [7, 11) is 0. The van der Waals surface area contributed by atoms with E-state index in [-0.39, 0.29) is 5.91 Å². The molecule has 0 aromatic heterocycles. The number of anilines is 1. The van der Waals surface area contributed by atoms with E-state index >= 15 is 0 Å². The fraction of sp³-hybridized carbons (Fsp3) is 0.250. The Bertz CT molecular complexity index is 822. The van der Waals surface area contributed by atoms with Gasteiger partial charge in [-0.05, 0) is 61.9 Å². The fourth-order valence-corrected chi connectivity index (χ4v) is 2.34. The predicted octanol–water partition coefficient (Wildman–Crippen LogP) is 3.31. The van der Waals surface area contributed by atoms with Crippen LogP contribution in [0.5, 0.6) is 5.75 Å². The first kappa shape index (κ1) is 21.2. The third-order valence-corrected chi connectivity index (χ3v) is 3.95. The number of ether oxygens (including phenoxy) is 1. The van der Waals surface area contributed by atoms with Gasteiger partial charge in [-0.15, -0.1) is 0 Å². The molecule has 2 aromatic carbocycles. The highest BCUT2D eigenvalue weighted by molar-refractivity contribution is 6.30. The molecule has 3 N–H and O–H groups in total. The largest absolute Gasteiger partial charge is 0.481 e. The molecule has 0 radical (unpaired) electrons. The molecular formula is C20H22ClN3O4. The van der Waals surface area contributed by atoms with E-state index in [1.54, 1.807) is 55.5 Å². The number of amides is 3. The molecule has 0 aliphatic rings. The second-order valence-electron chi connectivity index (χ2n) is 6.03. The van der Waals surface area contributed by atoms with Crippen LogP contribution in [0.25, 0.3) is 0 Å². The van der Waals surface area contributed by atoms with Crippen LogP contribution in [0.15, 0.2) is 48.5 Å². The number of halogens is 1. The molecule has 7 nitrogen and oxygen atoms in total.